The molecule has 16 N–H and O–H groups in total. The second kappa shape index (κ2) is 32.6. The molecule has 1 aromatic heterocycles. The number of nitrogens with two attached hydrogens (primary N) is 8. The van der Waals surface area contributed by atoms with Crippen molar-refractivity contribution in [1.82, 2.24) is 4.98 Å². The Morgan fingerprint density at radius 2 is 0.592 bits per heavy atom. The van der Waals surface area contributed by atoms with E-state index in [0.717, 1.165) is 50.9 Å². The van der Waals surface area contributed by atoms with Gasteiger partial charge in [0.1, 0.15) is 0 Å². The van der Waals surface area contributed by atoms with Crippen LogP contribution in [0.3, 0.4) is 0 Å². The Morgan fingerprint density at radius 1 is 0.303 bits per heavy atom. The average molecular weight is 1020 g/mol. The Hall–Kier alpha value is -8.53. The normalized spacial score (nSPS) is 10.0. The predicted molar refractivity (Wildman–Crippen MR) is 336 cm³/mol. The molecular formula is C67H87N9. The number of rotatable bonds is 2. The summed E-state index contributed by atoms with van der Waals surface area (Å²) in [6, 6.07) is 65.8. The van der Waals surface area contributed by atoms with Gasteiger partial charge in [0, 0.05) is 57.7 Å². The van der Waals surface area contributed by atoms with Gasteiger partial charge < -0.3 is 45.9 Å². The molecule has 0 bridgehead atoms. The first-order valence-corrected chi connectivity index (χ1v) is 25.3. The van der Waals surface area contributed by atoms with E-state index in [1.165, 1.54) is 50.1 Å². The molecule has 0 aliphatic rings. The van der Waals surface area contributed by atoms with Gasteiger partial charge in [-0.15, -0.1) is 0 Å². The van der Waals surface area contributed by atoms with Gasteiger partial charge in [-0.05, 0) is 191 Å². The number of hydrogen-bond donors (Lipinski definition) is 8. The highest BCUT2D eigenvalue weighted by Crippen LogP contribution is 2.27. The number of pyridine rings is 1. The molecule has 0 amide bonds. The van der Waals surface area contributed by atoms with Crippen molar-refractivity contribution in [3.05, 3.63) is 252 Å². The molecule has 0 radical (unpaired) electrons. The third-order valence-corrected chi connectivity index (χ3v) is 10.8. The molecule has 9 nitrogen and oxygen atoms in total. The van der Waals surface area contributed by atoms with E-state index in [-0.39, 0.29) is 11.0 Å². The highest BCUT2D eigenvalue weighted by molar-refractivity contribution is 5.70. The maximum Gasteiger partial charge on any atom is 0.0373 e. The molecule has 0 saturated carbocycles. The number of para-hydroxylation sites is 1. The summed E-state index contributed by atoms with van der Waals surface area (Å²) in [6.07, 6.45) is 3.32. The highest BCUT2D eigenvalue weighted by atomic mass is 14.7. The number of benzene rings is 8. The zero-order valence-electron chi connectivity index (χ0n) is 47.3. The monoisotopic (exact) mass is 1020 g/mol. The Morgan fingerprint density at radius 3 is 0.908 bits per heavy atom. The molecule has 0 spiro atoms. The topological polar surface area (TPSA) is 221 Å². The SMILES string of the molecule is CC(C)(C)N.CC(C)(C)c1ccc(N)cc1.Cc1cc(-c2ccccc2)cc(C)c1N.Cc1cc(C)c(N)c(C)c1.Cc1ccc(N)cc1.Nc1ccc(-c2ccccc2)cc1.Nc1ccccc1.Nc1ccncc1. The Labute approximate surface area is 456 Å². The van der Waals surface area contributed by atoms with Crippen molar-refractivity contribution in [3.8, 4) is 22.3 Å². The van der Waals surface area contributed by atoms with Gasteiger partial charge in [-0.3, -0.25) is 4.98 Å². The largest absolute Gasteiger partial charge is 0.399 e. The van der Waals surface area contributed by atoms with Crippen LogP contribution in [0, 0.1) is 41.5 Å². The number of hydrogen-bond acceptors (Lipinski definition) is 9. The minimum Gasteiger partial charge on any atom is -0.399 e. The number of nitrogen functional groups attached to an aromatic ring is 7. The van der Waals surface area contributed by atoms with Crippen molar-refractivity contribution in [3.63, 3.8) is 0 Å². The van der Waals surface area contributed by atoms with E-state index in [2.05, 4.69) is 119 Å². The molecule has 8 aromatic carbocycles. The van der Waals surface area contributed by atoms with Crippen LogP contribution in [0.15, 0.2) is 213 Å². The van der Waals surface area contributed by atoms with E-state index >= 15 is 0 Å². The number of aryl methyl sites for hydroxylation is 6. The first-order chi connectivity index (χ1) is 35.7. The van der Waals surface area contributed by atoms with Crippen LogP contribution in [-0.4, -0.2) is 10.5 Å². The molecule has 76 heavy (non-hydrogen) atoms. The van der Waals surface area contributed by atoms with Crippen LogP contribution in [0.1, 0.15) is 80.5 Å². The van der Waals surface area contributed by atoms with Crippen LogP contribution in [0.5, 0.6) is 0 Å². The van der Waals surface area contributed by atoms with Crippen LogP contribution < -0.4 is 45.9 Å². The van der Waals surface area contributed by atoms with Crippen molar-refractivity contribution >= 4 is 39.8 Å². The Bertz CT molecular complexity index is 2850. The van der Waals surface area contributed by atoms with Gasteiger partial charge in [0.05, 0.1) is 0 Å². The second-order valence-corrected chi connectivity index (χ2v) is 20.5. The van der Waals surface area contributed by atoms with Crippen molar-refractivity contribution < 1.29 is 0 Å². The Kier molecular flexibility index (Phi) is 27.3. The Balaban J connectivity index is 0.000000303. The molecule has 0 unspecified atom stereocenters. The van der Waals surface area contributed by atoms with Crippen molar-refractivity contribution in [2.75, 3.05) is 40.1 Å². The molecule has 9 aromatic rings. The maximum atomic E-state index is 5.93. The van der Waals surface area contributed by atoms with Gasteiger partial charge in [0.25, 0.3) is 0 Å². The van der Waals surface area contributed by atoms with Gasteiger partial charge in [0.15, 0.2) is 0 Å². The summed E-state index contributed by atoms with van der Waals surface area (Å²) >= 11 is 0. The third-order valence-electron chi connectivity index (χ3n) is 10.8. The van der Waals surface area contributed by atoms with Gasteiger partial charge in [-0.1, -0.05) is 159 Å². The minimum atomic E-state index is 0. The predicted octanol–water partition coefficient (Wildman–Crippen LogP) is 15.5. The fourth-order valence-corrected chi connectivity index (χ4v) is 6.64. The van der Waals surface area contributed by atoms with E-state index in [4.69, 9.17) is 45.9 Å². The molecule has 0 aliphatic carbocycles. The van der Waals surface area contributed by atoms with E-state index in [1.807, 2.05) is 157 Å². The molecule has 400 valence electrons. The van der Waals surface area contributed by atoms with Crippen LogP contribution in [-0.2, 0) is 5.41 Å². The molecular weight excluding hydrogens is 931 g/mol. The fraction of sp³-hybridized carbons (Fsp3) is 0.209. The number of aromatic nitrogens is 1. The molecule has 0 fully saturated rings. The lowest BCUT2D eigenvalue weighted by molar-refractivity contribution is 0.580. The van der Waals surface area contributed by atoms with Crippen molar-refractivity contribution in [2.24, 2.45) is 5.73 Å². The van der Waals surface area contributed by atoms with Crippen molar-refractivity contribution in [1.29, 1.82) is 0 Å². The lowest BCUT2D eigenvalue weighted by atomic mass is 9.87. The number of anilines is 7. The summed E-state index contributed by atoms with van der Waals surface area (Å²) in [4.78, 5) is 3.77. The second-order valence-electron chi connectivity index (χ2n) is 20.5. The minimum absolute atomic E-state index is 0. The first kappa shape index (κ1) is 63.6. The summed E-state index contributed by atoms with van der Waals surface area (Å²) in [5.74, 6) is 0. The quantitative estimate of drug-likeness (QED) is 0.0771. The van der Waals surface area contributed by atoms with E-state index < -0.39 is 0 Å². The third kappa shape index (κ3) is 27.5. The van der Waals surface area contributed by atoms with Gasteiger partial charge in [0.2, 0.25) is 0 Å². The standard InChI is InChI=1S/C14H15N.C12H11N.C10H15N.C9H13N.C7H9N.C6H7N.C5H6N2.C4H11N/c1-10-8-13(9-11(2)14(10)15)12-6-4-3-5-7-12;13-12-8-6-11(7-9-12)10-4-2-1-3-5-10;1-10(2,3)8-4-6-9(11)7-5-8;1-6-4-7(2)9(10)8(3)5-6;1-6-2-4-7(8)5-3-6;7-6-4-2-1-3-5-6;6-5-1-3-7-4-2-5;1-4(2,3)5/h3-9H,15H2,1-2H3;1-9H,13H2;4-7H,11H2,1-3H3;4-5H,10H2,1-3H3;2-5H,8H2,1H3;1-5H,7H2;1-4H,(H2,6,7);5H2,1-3H3. The number of nitrogens with zero attached hydrogens (tertiary/aromatic N) is 1. The van der Waals surface area contributed by atoms with Crippen LogP contribution in [0.2, 0.25) is 0 Å². The molecule has 0 aliphatic heterocycles. The molecule has 9 heteroatoms. The van der Waals surface area contributed by atoms with Gasteiger partial charge in [-0.2, -0.15) is 0 Å². The van der Waals surface area contributed by atoms with Gasteiger partial charge in [-0.25, -0.2) is 0 Å². The van der Waals surface area contributed by atoms with E-state index in [9.17, 15) is 0 Å². The fourth-order valence-electron chi connectivity index (χ4n) is 6.64. The summed E-state index contributed by atoms with van der Waals surface area (Å²) < 4.78 is 0. The van der Waals surface area contributed by atoms with Crippen LogP contribution in [0.4, 0.5) is 39.8 Å². The van der Waals surface area contributed by atoms with Gasteiger partial charge >= 0.3 is 0 Å². The van der Waals surface area contributed by atoms with Crippen LogP contribution >= 0.6 is 0 Å². The van der Waals surface area contributed by atoms with E-state index in [0.29, 0.717) is 0 Å². The first-order valence-electron chi connectivity index (χ1n) is 25.3. The zero-order chi connectivity index (χ0) is 56.8. The molecule has 9 rings (SSSR count). The summed E-state index contributed by atoms with van der Waals surface area (Å²) in [6.45, 7) is 24.8. The maximum absolute atomic E-state index is 5.93. The van der Waals surface area contributed by atoms with Crippen LogP contribution in [0.25, 0.3) is 22.3 Å². The highest BCUT2D eigenvalue weighted by Gasteiger charge is 2.12. The van der Waals surface area contributed by atoms with E-state index in [1.54, 1.807) is 24.5 Å². The lowest BCUT2D eigenvalue weighted by Gasteiger charge is -2.18. The molecule has 0 atom stereocenters. The smallest absolute Gasteiger partial charge is 0.0373 e. The summed E-state index contributed by atoms with van der Waals surface area (Å²) in [5.41, 5.74) is 63.8. The molecule has 0 saturated heterocycles. The summed E-state index contributed by atoms with van der Waals surface area (Å²) in [7, 11) is 0. The lowest BCUT2D eigenvalue weighted by Crippen LogP contribution is -2.26. The average Bonchev–Trinajstić information content (AvgIpc) is 3.37. The summed E-state index contributed by atoms with van der Waals surface area (Å²) in [5, 5.41) is 0. The zero-order valence-corrected chi connectivity index (χ0v) is 47.3. The van der Waals surface area contributed by atoms with Crippen molar-refractivity contribution in [2.45, 2.75) is 94.0 Å². The molecule has 1 heterocycles.